The second-order valence-electron chi connectivity index (χ2n) is 4.55. The summed E-state index contributed by atoms with van der Waals surface area (Å²) >= 11 is 0. The minimum atomic E-state index is -0.472. The Morgan fingerprint density at radius 3 is 2.77 bits per heavy atom. The second kappa shape index (κ2) is 5.58. The van der Waals surface area contributed by atoms with Crippen molar-refractivity contribution in [1.29, 1.82) is 0 Å². The van der Waals surface area contributed by atoms with E-state index in [1.54, 1.807) is 30.5 Å². The topological polar surface area (TPSA) is 69.8 Å². The first-order valence-electron chi connectivity index (χ1n) is 6.43. The zero-order chi connectivity index (χ0) is 15.5. The van der Waals surface area contributed by atoms with Crippen molar-refractivity contribution in [3.05, 3.63) is 54.1 Å². The fourth-order valence-electron chi connectivity index (χ4n) is 2.02. The van der Waals surface area contributed by atoms with Gasteiger partial charge in [-0.25, -0.2) is 14.2 Å². The van der Waals surface area contributed by atoms with Gasteiger partial charge in [-0.3, -0.25) is 0 Å². The van der Waals surface area contributed by atoms with E-state index in [0.717, 1.165) is 11.8 Å². The number of nitrogens with zero attached hydrogens (tertiary/aromatic N) is 1. The van der Waals surface area contributed by atoms with Gasteiger partial charge in [-0.2, -0.15) is 0 Å². The summed E-state index contributed by atoms with van der Waals surface area (Å²) in [6.07, 6.45) is 7.93. The molecule has 1 aromatic carbocycles. The lowest BCUT2D eigenvalue weighted by atomic mass is 10.2. The molecule has 0 aliphatic rings. The Bertz CT molecular complexity index is 877. The minimum absolute atomic E-state index is 0.444. The van der Waals surface area contributed by atoms with Crippen LogP contribution in [-0.2, 0) is 0 Å². The molecule has 5 nitrogen and oxygen atoms in total. The first kappa shape index (κ1) is 13.6. The van der Waals surface area contributed by atoms with E-state index in [4.69, 9.17) is 6.42 Å². The molecule has 0 fully saturated rings. The van der Waals surface area contributed by atoms with Crippen molar-refractivity contribution in [2.45, 2.75) is 0 Å². The first-order chi connectivity index (χ1) is 10.7. The minimum Gasteiger partial charge on any atom is -0.344 e. The number of hydrogen-bond donors (Lipinski definition) is 3. The van der Waals surface area contributed by atoms with Crippen molar-refractivity contribution in [2.24, 2.45) is 0 Å². The third kappa shape index (κ3) is 2.74. The number of rotatable bonds is 2. The summed E-state index contributed by atoms with van der Waals surface area (Å²) in [6.45, 7) is 0. The number of benzene rings is 1. The molecule has 2 amide bonds. The van der Waals surface area contributed by atoms with E-state index in [9.17, 15) is 9.18 Å². The summed E-state index contributed by atoms with van der Waals surface area (Å²) < 4.78 is 13.2. The van der Waals surface area contributed by atoms with Crippen LogP contribution in [0.1, 0.15) is 5.56 Å². The van der Waals surface area contributed by atoms with Gasteiger partial charge in [-0.15, -0.1) is 6.42 Å². The average molecular weight is 294 g/mol. The van der Waals surface area contributed by atoms with Crippen LogP contribution in [0, 0.1) is 18.2 Å². The van der Waals surface area contributed by atoms with Gasteiger partial charge in [0, 0.05) is 22.8 Å². The molecule has 3 N–H and O–H groups in total. The van der Waals surface area contributed by atoms with Gasteiger partial charge in [0.15, 0.2) is 0 Å². The Morgan fingerprint density at radius 1 is 1.27 bits per heavy atom. The van der Waals surface area contributed by atoms with Gasteiger partial charge in [0.2, 0.25) is 0 Å². The molecule has 108 valence electrons. The molecule has 0 bridgehead atoms. The summed E-state index contributed by atoms with van der Waals surface area (Å²) in [5.41, 5.74) is 2.26. The van der Waals surface area contributed by atoms with Crippen molar-refractivity contribution in [1.82, 2.24) is 9.97 Å². The van der Waals surface area contributed by atoms with Crippen LogP contribution in [0.25, 0.3) is 11.0 Å². The zero-order valence-electron chi connectivity index (χ0n) is 11.4. The normalized spacial score (nSPS) is 10.2. The van der Waals surface area contributed by atoms with E-state index in [1.165, 1.54) is 6.07 Å². The predicted octanol–water partition coefficient (Wildman–Crippen LogP) is 3.33. The van der Waals surface area contributed by atoms with Crippen LogP contribution in [0.2, 0.25) is 0 Å². The monoisotopic (exact) mass is 294 g/mol. The number of halogens is 1. The lowest BCUT2D eigenvalue weighted by Crippen LogP contribution is -2.19. The zero-order valence-corrected chi connectivity index (χ0v) is 11.4. The number of urea groups is 1. The lowest BCUT2D eigenvalue weighted by Gasteiger charge is -2.06. The van der Waals surface area contributed by atoms with Gasteiger partial charge in [0.05, 0.1) is 11.9 Å². The van der Waals surface area contributed by atoms with E-state index in [0.29, 0.717) is 22.4 Å². The Labute approximate surface area is 125 Å². The van der Waals surface area contributed by atoms with Crippen LogP contribution in [-0.4, -0.2) is 16.0 Å². The lowest BCUT2D eigenvalue weighted by molar-refractivity contribution is 0.262. The SMILES string of the molecule is C#Cc1ccc(NC(=O)Nc2c[nH]c3ncc(F)cc23)cc1. The molecule has 22 heavy (non-hydrogen) atoms. The number of terminal acetylenes is 1. The van der Waals surface area contributed by atoms with Gasteiger partial charge >= 0.3 is 6.03 Å². The van der Waals surface area contributed by atoms with Gasteiger partial charge < -0.3 is 15.6 Å². The predicted molar refractivity (Wildman–Crippen MR) is 83.1 cm³/mol. The number of anilines is 2. The molecule has 0 radical (unpaired) electrons. The van der Waals surface area contributed by atoms with E-state index in [-0.39, 0.29) is 0 Å². The molecule has 0 unspecified atom stereocenters. The number of nitrogens with one attached hydrogen (secondary N) is 3. The maximum atomic E-state index is 13.2. The van der Waals surface area contributed by atoms with Crippen molar-refractivity contribution in [3.8, 4) is 12.3 Å². The molecule has 3 rings (SSSR count). The molecule has 0 saturated heterocycles. The molecule has 2 heterocycles. The maximum Gasteiger partial charge on any atom is 0.323 e. The summed E-state index contributed by atoms with van der Waals surface area (Å²) in [5, 5.41) is 5.80. The molecular formula is C16H11FN4O. The van der Waals surface area contributed by atoms with Crippen molar-refractivity contribution in [2.75, 3.05) is 10.6 Å². The first-order valence-corrected chi connectivity index (χ1v) is 6.43. The average Bonchev–Trinajstić information content (AvgIpc) is 2.90. The van der Waals surface area contributed by atoms with Gasteiger partial charge in [0.1, 0.15) is 11.5 Å². The Balaban J connectivity index is 1.75. The molecule has 2 aromatic heterocycles. The summed E-state index contributed by atoms with van der Waals surface area (Å²) in [5.74, 6) is 2.02. The number of aromatic nitrogens is 2. The number of hydrogen-bond acceptors (Lipinski definition) is 2. The van der Waals surface area contributed by atoms with E-state index in [1.807, 2.05) is 0 Å². The molecular weight excluding hydrogens is 283 g/mol. The standard InChI is InChI=1S/C16H11FN4O/c1-2-10-3-5-12(6-4-10)20-16(22)21-14-9-19-15-13(14)7-11(17)8-18-15/h1,3-9H,(H,18,19)(H2,20,21,22). The van der Waals surface area contributed by atoms with Gasteiger partial charge in [0.25, 0.3) is 0 Å². The number of H-pyrrole nitrogens is 1. The number of aromatic amines is 1. The third-order valence-corrected chi connectivity index (χ3v) is 3.06. The largest absolute Gasteiger partial charge is 0.344 e. The van der Waals surface area contributed by atoms with Crippen molar-refractivity contribution >= 4 is 28.4 Å². The Hall–Kier alpha value is -3.33. The molecule has 0 saturated carbocycles. The van der Waals surface area contributed by atoms with Crippen LogP contribution in [0.3, 0.4) is 0 Å². The molecule has 0 aliphatic heterocycles. The molecule has 3 aromatic rings. The molecule has 0 atom stereocenters. The third-order valence-electron chi connectivity index (χ3n) is 3.06. The number of amides is 2. The van der Waals surface area contributed by atoms with Crippen LogP contribution < -0.4 is 10.6 Å². The van der Waals surface area contributed by atoms with E-state index >= 15 is 0 Å². The van der Waals surface area contributed by atoms with Crippen LogP contribution >= 0.6 is 0 Å². The maximum absolute atomic E-state index is 13.2. The van der Waals surface area contributed by atoms with Crippen molar-refractivity contribution in [3.63, 3.8) is 0 Å². The van der Waals surface area contributed by atoms with Crippen molar-refractivity contribution < 1.29 is 9.18 Å². The number of carbonyl (C=O) groups excluding carboxylic acids is 1. The highest BCUT2D eigenvalue weighted by molar-refractivity contribution is 6.05. The van der Waals surface area contributed by atoms with Crippen LogP contribution in [0.5, 0.6) is 0 Å². The highest BCUT2D eigenvalue weighted by Gasteiger charge is 2.09. The second-order valence-corrected chi connectivity index (χ2v) is 4.55. The van der Waals surface area contributed by atoms with E-state index < -0.39 is 11.8 Å². The number of carbonyl (C=O) groups is 1. The number of pyridine rings is 1. The van der Waals surface area contributed by atoms with E-state index in [2.05, 4.69) is 26.5 Å². The summed E-state index contributed by atoms with van der Waals surface area (Å²) in [7, 11) is 0. The molecule has 6 heteroatoms. The summed E-state index contributed by atoms with van der Waals surface area (Å²) in [4.78, 5) is 18.7. The highest BCUT2D eigenvalue weighted by atomic mass is 19.1. The van der Waals surface area contributed by atoms with Crippen LogP contribution in [0.4, 0.5) is 20.6 Å². The molecule has 0 aliphatic carbocycles. The highest BCUT2D eigenvalue weighted by Crippen LogP contribution is 2.22. The fourth-order valence-corrected chi connectivity index (χ4v) is 2.02. The number of fused-ring (bicyclic) bond motifs is 1. The Kier molecular flexibility index (Phi) is 3.46. The smallest absolute Gasteiger partial charge is 0.323 e. The van der Waals surface area contributed by atoms with Gasteiger partial charge in [-0.1, -0.05) is 5.92 Å². The molecule has 0 spiro atoms. The van der Waals surface area contributed by atoms with Gasteiger partial charge in [-0.05, 0) is 30.3 Å². The van der Waals surface area contributed by atoms with Crippen LogP contribution in [0.15, 0.2) is 42.7 Å². The summed E-state index contributed by atoms with van der Waals surface area (Å²) in [6, 6.07) is 7.70. The Morgan fingerprint density at radius 2 is 2.05 bits per heavy atom. The fraction of sp³-hybridized carbons (Fsp3) is 0. The quantitative estimate of drug-likeness (QED) is 0.634.